The maximum Gasteiger partial charge on any atom is 0.155 e. The van der Waals surface area contributed by atoms with Crippen molar-refractivity contribution in [2.45, 2.75) is 38.5 Å². The highest BCUT2D eigenvalue weighted by Gasteiger charge is 2.39. The van der Waals surface area contributed by atoms with Gasteiger partial charge in [-0.2, -0.15) is 0 Å². The van der Waals surface area contributed by atoms with Gasteiger partial charge in [-0.3, -0.25) is 0 Å². The summed E-state index contributed by atoms with van der Waals surface area (Å²) in [5, 5.41) is 10.2. The number of sulfone groups is 1. The standard InChI is InChI=1S/C13H19FO3S/c1-8-6-10(7-9(2)11(8)14)12(15)13(3,4)18(5,16)17/h6-7,12,15H,1-5H3. The van der Waals surface area contributed by atoms with Crippen LogP contribution in [0, 0.1) is 19.7 Å². The van der Waals surface area contributed by atoms with Crippen molar-refractivity contribution in [1.29, 1.82) is 0 Å². The van der Waals surface area contributed by atoms with E-state index in [0.29, 0.717) is 16.7 Å². The van der Waals surface area contributed by atoms with Gasteiger partial charge in [0.25, 0.3) is 0 Å². The van der Waals surface area contributed by atoms with Crippen molar-refractivity contribution in [3.05, 3.63) is 34.6 Å². The van der Waals surface area contributed by atoms with Crippen LogP contribution in [0.15, 0.2) is 12.1 Å². The summed E-state index contributed by atoms with van der Waals surface area (Å²) >= 11 is 0. The Kier molecular flexibility index (Phi) is 3.89. The van der Waals surface area contributed by atoms with Gasteiger partial charge in [-0.15, -0.1) is 0 Å². The van der Waals surface area contributed by atoms with Gasteiger partial charge in [0.05, 0.1) is 10.9 Å². The highest BCUT2D eigenvalue weighted by molar-refractivity contribution is 7.92. The van der Waals surface area contributed by atoms with E-state index in [-0.39, 0.29) is 5.82 Å². The molecule has 1 aromatic carbocycles. The van der Waals surface area contributed by atoms with Gasteiger partial charge in [-0.05, 0) is 44.4 Å². The van der Waals surface area contributed by atoms with Crippen LogP contribution in [0.4, 0.5) is 4.39 Å². The van der Waals surface area contributed by atoms with E-state index in [1.54, 1.807) is 13.8 Å². The van der Waals surface area contributed by atoms with Crippen LogP contribution in [0.2, 0.25) is 0 Å². The van der Waals surface area contributed by atoms with Gasteiger partial charge >= 0.3 is 0 Å². The second kappa shape index (κ2) is 4.63. The SMILES string of the molecule is Cc1cc(C(O)C(C)(C)S(C)(=O)=O)cc(C)c1F. The highest BCUT2D eigenvalue weighted by Crippen LogP contribution is 2.33. The fourth-order valence-corrected chi connectivity index (χ4v) is 2.28. The molecule has 102 valence electrons. The molecule has 1 N–H and O–H groups in total. The Balaban J connectivity index is 3.32. The minimum Gasteiger partial charge on any atom is -0.387 e. The zero-order valence-corrected chi connectivity index (χ0v) is 12.1. The Morgan fingerprint density at radius 1 is 1.22 bits per heavy atom. The quantitative estimate of drug-likeness (QED) is 0.920. The number of hydrogen-bond donors (Lipinski definition) is 1. The number of halogens is 1. The molecule has 1 unspecified atom stereocenters. The maximum atomic E-state index is 13.5. The van der Waals surface area contributed by atoms with Crippen LogP contribution in [0.3, 0.4) is 0 Å². The van der Waals surface area contributed by atoms with E-state index < -0.39 is 20.7 Å². The number of aryl methyl sites for hydroxylation is 2. The molecule has 0 saturated heterocycles. The summed E-state index contributed by atoms with van der Waals surface area (Å²) in [7, 11) is -3.43. The summed E-state index contributed by atoms with van der Waals surface area (Å²) in [6.07, 6.45) is -0.107. The van der Waals surface area contributed by atoms with Crippen LogP contribution < -0.4 is 0 Å². The maximum absolute atomic E-state index is 13.5. The lowest BCUT2D eigenvalue weighted by atomic mass is 9.95. The van der Waals surface area contributed by atoms with E-state index in [1.165, 1.54) is 26.0 Å². The average Bonchev–Trinajstić information content (AvgIpc) is 2.22. The minimum absolute atomic E-state index is 0.330. The smallest absolute Gasteiger partial charge is 0.155 e. The van der Waals surface area contributed by atoms with Crippen LogP contribution in [0.1, 0.15) is 36.6 Å². The Morgan fingerprint density at radius 3 is 1.94 bits per heavy atom. The molecule has 0 saturated carbocycles. The van der Waals surface area contributed by atoms with Crippen molar-refractivity contribution in [3.63, 3.8) is 0 Å². The molecular weight excluding hydrogens is 255 g/mol. The largest absolute Gasteiger partial charge is 0.387 e. The molecule has 1 rings (SSSR count). The fourth-order valence-electron chi connectivity index (χ4n) is 1.74. The third-order valence-corrected chi connectivity index (χ3v) is 5.52. The number of hydrogen-bond acceptors (Lipinski definition) is 3. The zero-order valence-electron chi connectivity index (χ0n) is 11.3. The van der Waals surface area contributed by atoms with Crippen molar-refractivity contribution < 1.29 is 17.9 Å². The molecule has 0 aliphatic heterocycles. The van der Waals surface area contributed by atoms with Gasteiger partial charge in [-0.1, -0.05) is 12.1 Å². The lowest BCUT2D eigenvalue weighted by molar-refractivity contribution is 0.139. The summed E-state index contributed by atoms with van der Waals surface area (Å²) in [5.74, 6) is -0.330. The summed E-state index contributed by atoms with van der Waals surface area (Å²) in [4.78, 5) is 0. The second-order valence-corrected chi connectivity index (χ2v) is 7.84. The fraction of sp³-hybridized carbons (Fsp3) is 0.538. The van der Waals surface area contributed by atoms with Crippen LogP contribution in [-0.4, -0.2) is 24.5 Å². The van der Waals surface area contributed by atoms with Crippen LogP contribution in [0.5, 0.6) is 0 Å². The molecule has 0 fully saturated rings. The molecule has 0 spiro atoms. The first kappa shape index (κ1) is 15.1. The molecule has 0 bridgehead atoms. The predicted octanol–water partition coefficient (Wildman–Crippen LogP) is 2.30. The Hall–Kier alpha value is -0.940. The van der Waals surface area contributed by atoms with Gasteiger partial charge in [-0.25, -0.2) is 12.8 Å². The molecular formula is C13H19FO3S. The average molecular weight is 274 g/mol. The van der Waals surface area contributed by atoms with Crippen LogP contribution in [0.25, 0.3) is 0 Å². The number of benzene rings is 1. The van der Waals surface area contributed by atoms with Gasteiger partial charge in [0.1, 0.15) is 5.82 Å². The topological polar surface area (TPSA) is 54.4 Å². The van der Waals surface area contributed by atoms with E-state index in [0.717, 1.165) is 6.26 Å². The first-order chi connectivity index (χ1) is 7.98. The van der Waals surface area contributed by atoms with Gasteiger partial charge < -0.3 is 5.11 Å². The molecule has 0 radical (unpaired) electrons. The first-order valence-corrected chi connectivity index (χ1v) is 7.52. The first-order valence-electron chi connectivity index (χ1n) is 5.62. The summed E-state index contributed by atoms with van der Waals surface area (Å²) in [6.45, 7) is 6.10. The van der Waals surface area contributed by atoms with Crippen molar-refractivity contribution >= 4 is 9.84 Å². The molecule has 3 nitrogen and oxygen atoms in total. The monoisotopic (exact) mass is 274 g/mol. The molecule has 0 amide bonds. The second-order valence-electron chi connectivity index (χ2n) is 5.25. The number of aliphatic hydroxyl groups is 1. The lowest BCUT2D eigenvalue weighted by Gasteiger charge is -2.29. The summed E-state index contributed by atoms with van der Waals surface area (Å²) in [6, 6.07) is 2.97. The van der Waals surface area contributed by atoms with E-state index >= 15 is 0 Å². The van der Waals surface area contributed by atoms with Gasteiger partial charge in [0.15, 0.2) is 9.84 Å². The van der Waals surface area contributed by atoms with Crippen molar-refractivity contribution in [2.24, 2.45) is 0 Å². The third kappa shape index (κ3) is 2.57. The molecule has 18 heavy (non-hydrogen) atoms. The summed E-state index contributed by atoms with van der Waals surface area (Å²) < 4.78 is 35.5. The number of aliphatic hydroxyl groups excluding tert-OH is 1. The minimum atomic E-state index is -3.43. The molecule has 1 aromatic rings. The lowest BCUT2D eigenvalue weighted by Crippen LogP contribution is -2.37. The normalized spacial score (nSPS) is 14.6. The molecule has 0 heterocycles. The molecule has 0 aliphatic rings. The summed E-state index contributed by atoms with van der Waals surface area (Å²) in [5.41, 5.74) is 1.21. The van der Waals surface area contributed by atoms with Crippen LogP contribution in [-0.2, 0) is 9.84 Å². The van der Waals surface area contributed by atoms with Crippen molar-refractivity contribution in [2.75, 3.05) is 6.26 Å². The van der Waals surface area contributed by atoms with Crippen LogP contribution >= 0.6 is 0 Å². The van der Waals surface area contributed by atoms with Gasteiger partial charge in [0, 0.05) is 6.26 Å². The number of rotatable bonds is 3. The van der Waals surface area contributed by atoms with E-state index in [4.69, 9.17) is 0 Å². The Morgan fingerprint density at radius 2 is 1.61 bits per heavy atom. The predicted molar refractivity (Wildman–Crippen MR) is 69.8 cm³/mol. The zero-order chi connectivity index (χ0) is 14.3. The molecule has 0 aliphatic carbocycles. The van der Waals surface area contributed by atoms with Crippen molar-refractivity contribution in [3.8, 4) is 0 Å². The Bertz CT molecular complexity index is 539. The third-order valence-electron chi connectivity index (χ3n) is 3.39. The molecule has 5 heteroatoms. The van der Waals surface area contributed by atoms with E-state index in [2.05, 4.69) is 0 Å². The van der Waals surface area contributed by atoms with Gasteiger partial charge in [0.2, 0.25) is 0 Å². The molecule has 1 atom stereocenters. The molecule has 0 aromatic heterocycles. The van der Waals surface area contributed by atoms with Crippen molar-refractivity contribution in [1.82, 2.24) is 0 Å². The van der Waals surface area contributed by atoms with E-state index in [9.17, 15) is 17.9 Å². The highest BCUT2D eigenvalue weighted by atomic mass is 32.2. The Labute approximate surface area is 108 Å². The van der Waals surface area contributed by atoms with E-state index in [1.807, 2.05) is 0 Å².